The van der Waals surface area contributed by atoms with Gasteiger partial charge < -0.3 is 9.47 Å². The topological polar surface area (TPSA) is 35.5 Å². The van der Waals surface area contributed by atoms with Crippen molar-refractivity contribution >= 4 is 5.97 Å². The lowest BCUT2D eigenvalue weighted by Gasteiger charge is -2.19. The molecule has 0 atom stereocenters. The van der Waals surface area contributed by atoms with E-state index in [1.54, 1.807) is 20.8 Å². The summed E-state index contributed by atoms with van der Waals surface area (Å²) in [7, 11) is 0. The van der Waals surface area contributed by atoms with Gasteiger partial charge >= 0.3 is 5.97 Å². The second-order valence-corrected chi connectivity index (χ2v) is 4.76. The fourth-order valence-electron chi connectivity index (χ4n) is 1.23. The van der Waals surface area contributed by atoms with Gasteiger partial charge in [-0.3, -0.25) is 4.79 Å². The van der Waals surface area contributed by atoms with Crippen molar-refractivity contribution in [1.29, 1.82) is 0 Å². The van der Waals surface area contributed by atoms with Gasteiger partial charge in [0.1, 0.15) is 11.4 Å². The maximum Gasteiger partial charge on any atom is 0.309 e. The number of halogens is 2. The van der Waals surface area contributed by atoms with Crippen LogP contribution in [0.15, 0.2) is 18.2 Å². The van der Waals surface area contributed by atoms with E-state index in [-0.39, 0.29) is 18.8 Å². The number of rotatable bonds is 4. The molecule has 1 aromatic rings. The van der Waals surface area contributed by atoms with Gasteiger partial charge in [-0.1, -0.05) is 0 Å². The van der Waals surface area contributed by atoms with E-state index in [0.717, 1.165) is 12.1 Å². The molecule has 0 aliphatic heterocycles. The first-order chi connectivity index (χ1) is 8.28. The van der Waals surface area contributed by atoms with E-state index in [9.17, 15) is 13.6 Å². The number of carbonyl (C=O) groups is 1. The van der Waals surface area contributed by atoms with Crippen LogP contribution in [0.25, 0.3) is 0 Å². The molecule has 18 heavy (non-hydrogen) atoms. The van der Waals surface area contributed by atoms with Crippen LogP contribution in [0, 0.1) is 11.6 Å². The Labute approximate surface area is 105 Å². The zero-order valence-electron chi connectivity index (χ0n) is 10.6. The number of carbonyl (C=O) groups excluding carboxylic acids is 1. The third-order valence-electron chi connectivity index (χ3n) is 1.88. The molecule has 0 unspecified atom stereocenters. The molecule has 0 aromatic heterocycles. The highest BCUT2D eigenvalue weighted by atomic mass is 19.1. The molecule has 0 aliphatic carbocycles. The van der Waals surface area contributed by atoms with Crippen molar-refractivity contribution in [3.05, 3.63) is 29.8 Å². The molecule has 0 saturated carbocycles. The average molecular weight is 258 g/mol. The van der Waals surface area contributed by atoms with Crippen molar-refractivity contribution < 1.29 is 23.0 Å². The van der Waals surface area contributed by atoms with Crippen molar-refractivity contribution in [3.63, 3.8) is 0 Å². The van der Waals surface area contributed by atoms with E-state index >= 15 is 0 Å². The molecule has 0 saturated heterocycles. The second-order valence-electron chi connectivity index (χ2n) is 4.76. The Morgan fingerprint density at radius 2 is 1.94 bits per heavy atom. The Balaban J connectivity index is 2.40. The van der Waals surface area contributed by atoms with Gasteiger partial charge in [-0.15, -0.1) is 0 Å². The molecule has 0 heterocycles. The van der Waals surface area contributed by atoms with Crippen LogP contribution in [-0.2, 0) is 9.53 Å². The first-order valence-electron chi connectivity index (χ1n) is 5.57. The second kappa shape index (κ2) is 5.80. The highest BCUT2D eigenvalue weighted by molar-refractivity contribution is 5.69. The molecule has 100 valence electrons. The molecule has 5 heteroatoms. The third-order valence-corrected chi connectivity index (χ3v) is 1.88. The van der Waals surface area contributed by atoms with Crippen LogP contribution in [-0.4, -0.2) is 18.2 Å². The molecular formula is C13H16F2O3. The molecule has 0 bridgehead atoms. The third kappa shape index (κ3) is 5.12. The zero-order chi connectivity index (χ0) is 13.8. The number of ether oxygens (including phenoxy) is 2. The Bertz CT molecular complexity index is 425. The van der Waals surface area contributed by atoms with Crippen molar-refractivity contribution in [1.82, 2.24) is 0 Å². The lowest BCUT2D eigenvalue weighted by atomic mass is 10.2. The van der Waals surface area contributed by atoms with Crippen LogP contribution in [0.4, 0.5) is 8.78 Å². The summed E-state index contributed by atoms with van der Waals surface area (Å²) in [5, 5.41) is 0. The summed E-state index contributed by atoms with van der Waals surface area (Å²) in [6, 6.07) is 2.99. The van der Waals surface area contributed by atoms with E-state index < -0.39 is 23.2 Å². The predicted octanol–water partition coefficient (Wildman–Crippen LogP) is 3.08. The quantitative estimate of drug-likeness (QED) is 0.778. The van der Waals surface area contributed by atoms with Crippen molar-refractivity contribution in [2.75, 3.05) is 6.61 Å². The SMILES string of the molecule is CC(C)(C)OC(=O)CCOc1ccc(F)cc1F. The van der Waals surface area contributed by atoms with Crippen LogP contribution in [0.5, 0.6) is 5.75 Å². The highest BCUT2D eigenvalue weighted by Crippen LogP contribution is 2.18. The van der Waals surface area contributed by atoms with E-state index in [1.165, 1.54) is 6.07 Å². The molecule has 0 fully saturated rings. The van der Waals surface area contributed by atoms with Crippen LogP contribution in [0.1, 0.15) is 27.2 Å². The van der Waals surface area contributed by atoms with Gasteiger partial charge in [0.25, 0.3) is 0 Å². The minimum atomic E-state index is -0.792. The number of benzene rings is 1. The number of hydrogen-bond acceptors (Lipinski definition) is 3. The highest BCUT2D eigenvalue weighted by Gasteiger charge is 2.16. The number of hydrogen-bond donors (Lipinski definition) is 0. The molecule has 0 N–H and O–H groups in total. The predicted molar refractivity (Wildman–Crippen MR) is 62.3 cm³/mol. The van der Waals surface area contributed by atoms with Gasteiger partial charge in [0.2, 0.25) is 0 Å². The van der Waals surface area contributed by atoms with E-state index in [2.05, 4.69) is 0 Å². The standard InChI is InChI=1S/C13H16F2O3/c1-13(2,3)18-12(16)6-7-17-11-5-4-9(14)8-10(11)15/h4-5,8H,6-7H2,1-3H3. The minimum absolute atomic E-state index is 0.00802. The summed E-state index contributed by atoms with van der Waals surface area (Å²) in [5.74, 6) is -1.98. The van der Waals surface area contributed by atoms with Crippen LogP contribution in [0.3, 0.4) is 0 Å². The van der Waals surface area contributed by atoms with E-state index in [4.69, 9.17) is 9.47 Å². The van der Waals surface area contributed by atoms with Crippen molar-refractivity contribution in [3.8, 4) is 5.75 Å². The molecular weight excluding hydrogens is 242 g/mol. The maximum absolute atomic E-state index is 13.2. The van der Waals surface area contributed by atoms with Crippen molar-refractivity contribution in [2.45, 2.75) is 32.8 Å². The normalized spacial score (nSPS) is 11.2. The van der Waals surface area contributed by atoms with Gasteiger partial charge in [0, 0.05) is 6.07 Å². The summed E-state index contributed by atoms with van der Waals surface area (Å²) < 4.78 is 35.9. The van der Waals surface area contributed by atoms with Gasteiger partial charge in [-0.2, -0.15) is 0 Å². The van der Waals surface area contributed by atoms with Gasteiger partial charge in [0.05, 0.1) is 13.0 Å². The van der Waals surface area contributed by atoms with Gasteiger partial charge in [-0.05, 0) is 32.9 Å². The molecule has 0 amide bonds. The molecule has 0 aliphatic rings. The Hall–Kier alpha value is -1.65. The summed E-state index contributed by atoms with van der Waals surface area (Å²) in [5.41, 5.74) is -0.557. The average Bonchev–Trinajstić information content (AvgIpc) is 2.18. The fraction of sp³-hybridized carbons (Fsp3) is 0.462. The molecule has 1 rings (SSSR count). The summed E-state index contributed by atoms with van der Waals surface area (Å²) in [6.45, 7) is 5.25. The Kier molecular flexibility index (Phi) is 4.64. The first-order valence-corrected chi connectivity index (χ1v) is 5.57. The lowest BCUT2D eigenvalue weighted by molar-refractivity contribution is -0.155. The Morgan fingerprint density at radius 1 is 1.28 bits per heavy atom. The van der Waals surface area contributed by atoms with E-state index in [1.807, 2.05) is 0 Å². The van der Waals surface area contributed by atoms with Crippen LogP contribution < -0.4 is 4.74 Å². The molecule has 0 spiro atoms. The van der Waals surface area contributed by atoms with Crippen LogP contribution in [0.2, 0.25) is 0 Å². The summed E-state index contributed by atoms with van der Waals surface area (Å²) in [4.78, 5) is 11.3. The molecule has 3 nitrogen and oxygen atoms in total. The first kappa shape index (κ1) is 14.4. The largest absolute Gasteiger partial charge is 0.490 e. The monoisotopic (exact) mass is 258 g/mol. The summed E-state index contributed by atoms with van der Waals surface area (Å²) in [6.07, 6.45) is 0.00802. The summed E-state index contributed by atoms with van der Waals surface area (Å²) >= 11 is 0. The molecule has 0 radical (unpaired) electrons. The minimum Gasteiger partial charge on any atom is -0.490 e. The lowest BCUT2D eigenvalue weighted by Crippen LogP contribution is -2.24. The van der Waals surface area contributed by atoms with E-state index in [0.29, 0.717) is 0 Å². The van der Waals surface area contributed by atoms with Gasteiger partial charge in [0.15, 0.2) is 11.6 Å². The van der Waals surface area contributed by atoms with Crippen LogP contribution >= 0.6 is 0 Å². The zero-order valence-corrected chi connectivity index (χ0v) is 10.6. The fourth-order valence-corrected chi connectivity index (χ4v) is 1.23. The smallest absolute Gasteiger partial charge is 0.309 e. The molecule has 1 aromatic carbocycles. The van der Waals surface area contributed by atoms with Crippen molar-refractivity contribution in [2.24, 2.45) is 0 Å². The number of esters is 1. The van der Waals surface area contributed by atoms with Gasteiger partial charge in [-0.25, -0.2) is 8.78 Å². The maximum atomic E-state index is 13.2. The Morgan fingerprint density at radius 3 is 2.50 bits per heavy atom.